The molecule has 4 nitrogen and oxygen atoms in total. The van der Waals surface area contributed by atoms with Gasteiger partial charge in [0.1, 0.15) is 5.75 Å². The van der Waals surface area contributed by atoms with Gasteiger partial charge in [0.15, 0.2) is 0 Å². The summed E-state index contributed by atoms with van der Waals surface area (Å²) < 4.78 is 0. The van der Waals surface area contributed by atoms with Crippen molar-refractivity contribution in [3.63, 3.8) is 0 Å². The van der Waals surface area contributed by atoms with Gasteiger partial charge in [0.25, 0.3) is 0 Å². The molecule has 3 rings (SSSR count). The quantitative estimate of drug-likeness (QED) is 0.736. The molecule has 1 aromatic rings. The van der Waals surface area contributed by atoms with Crippen molar-refractivity contribution in [2.24, 2.45) is 0 Å². The van der Waals surface area contributed by atoms with E-state index in [9.17, 15) is 9.90 Å². The van der Waals surface area contributed by atoms with Gasteiger partial charge in [0.2, 0.25) is 5.91 Å². The smallest absolute Gasteiger partial charge is 0.221 e. The van der Waals surface area contributed by atoms with Crippen molar-refractivity contribution in [2.75, 3.05) is 6.54 Å². The molecule has 1 aliphatic carbocycles. The average molecular weight is 246 g/mol. The Balaban J connectivity index is 1.78. The summed E-state index contributed by atoms with van der Waals surface area (Å²) in [6.07, 6.45) is 3.87. The lowest BCUT2D eigenvalue weighted by atomic mass is 9.87. The van der Waals surface area contributed by atoms with Crippen LogP contribution in [0.4, 0.5) is 0 Å². The van der Waals surface area contributed by atoms with E-state index in [0.717, 1.165) is 19.3 Å². The summed E-state index contributed by atoms with van der Waals surface area (Å²) >= 11 is 0. The number of rotatable bonds is 2. The summed E-state index contributed by atoms with van der Waals surface area (Å²) in [5, 5.41) is 16.0. The van der Waals surface area contributed by atoms with Gasteiger partial charge in [0.05, 0.1) is 0 Å². The van der Waals surface area contributed by atoms with Gasteiger partial charge in [-0.2, -0.15) is 0 Å². The number of aromatic hydroxyl groups is 1. The number of carbonyl (C=O) groups is 1. The molecule has 4 heteroatoms. The van der Waals surface area contributed by atoms with Crippen LogP contribution >= 0.6 is 0 Å². The third kappa shape index (κ3) is 2.20. The van der Waals surface area contributed by atoms with Crippen molar-refractivity contribution in [3.8, 4) is 5.75 Å². The number of phenols is 1. The third-order valence-corrected chi connectivity index (χ3v) is 3.86. The molecular formula is C14H18N2O2. The van der Waals surface area contributed by atoms with E-state index in [-0.39, 0.29) is 18.0 Å². The molecule has 2 unspecified atom stereocenters. The summed E-state index contributed by atoms with van der Waals surface area (Å²) in [6, 6.07) is 6.10. The summed E-state index contributed by atoms with van der Waals surface area (Å²) in [5.41, 5.74) is 2.51. The van der Waals surface area contributed by atoms with Crippen molar-refractivity contribution < 1.29 is 9.90 Å². The summed E-state index contributed by atoms with van der Waals surface area (Å²) in [6.45, 7) is 0.712. The largest absolute Gasteiger partial charge is 0.508 e. The second-order valence-corrected chi connectivity index (χ2v) is 5.20. The molecular weight excluding hydrogens is 228 g/mol. The Labute approximate surface area is 106 Å². The summed E-state index contributed by atoms with van der Waals surface area (Å²) in [5.74, 6) is 0.447. The van der Waals surface area contributed by atoms with Crippen molar-refractivity contribution in [1.82, 2.24) is 10.6 Å². The number of benzene rings is 1. The average Bonchev–Trinajstić information content (AvgIpc) is 2.76. The lowest BCUT2D eigenvalue weighted by Crippen LogP contribution is -2.36. The minimum atomic E-state index is 0.124. The monoisotopic (exact) mass is 246 g/mol. The van der Waals surface area contributed by atoms with Crippen molar-refractivity contribution >= 4 is 5.91 Å². The first-order valence-corrected chi connectivity index (χ1v) is 6.57. The van der Waals surface area contributed by atoms with Crippen molar-refractivity contribution in [3.05, 3.63) is 29.3 Å². The van der Waals surface area contributed by atoms with Gasteiger partial charge in [-0.15, -0.1) is 0 Å². The maximum atomic E-state index is 11.2. The molecule has 0 aromatic heterocycles. The number of hydrogen-bond acceptors (Lipinski definition) is 3. The molecule has 96 valence electrons. The van der Waals surface area contributed by atoms with Crippen LogP contribution in [0.3, 0.4) is 0 Å². The Morgan fingerprint density at radius 3 is 3.06 bits per heavy atom. The maximum Gasteiger partial charge on any atom is 0.221 e. The Morgan fingerprint density at radius 1 is 1.39 bits per heavy atom. The Morgan fingerprint density at radius 2 is 2.28 bits per heavy atom. The van der Waals surface area contributed by atoms with E-state index in [2.05, 4.69) is 10.6 Å². The van der Waals surface area contributed by atoms with Gasteiger partial charge in [-0.25, -0.2) is 0 Å². The van der Waals surface area contributed by atoms with Crippen LogP contribution in [0.2, 0.25) is 0 Å². The van der Waals surface area contributed by atoms with Gasteiger partial charge in [-0.05, 0) is 42.5 Å². The van der Waals surface area contributed by atoms with E-state index in [1.807, 2.05) is 12.1 Å². The zero-order chi connectivity index (χ0) is 12.5. The van der Waals surface area contributed by atoms with E-state index in [0.29, 0.717) is 18.7 Å². The maximum absolute atomic E-state index is 11.2. The number of carbonyl (C=O) groups excluding carboxylic acids is 1. The molecule has 1 heterocycles. The third-order valence-electron chi connectivity index (χ3n) is 3.86. The van der Waals surface area contributed by atoms with Gasteiger partial charge < -0.3 is 15.7 Å². The number of aryl methyl sites for hydroxylation is 1. The number of fused-ring (bicyclic) bond motifs is 1. The van der Waals surface area contributed by atoms with Gasteiger partial charge in [0, 0.05) is 25.0 Å². The molecule has 1 amide bonds. The summed E-state index contributed by atoms with van der Waals surface area (Å²) in [7, 11) is 0. The molecule has 0 spiro atoms. The molecule has 0 saturated carbocycles. The standard InChI is InChI=1S/C14H18N2O2/c17-11-5-4-9-2-1-3-13(12(9)7-11)16-10-6-14(18)15-8-10/h4-5,7,10,13,16-17H,1-3,6,8H2,(H,15,18). The molecule has 0 bridgehead atoms. The molecule has 1 fully saturated rings. The first-order chi connectivity index (χ1) is 8.72. The molecule has 1 aromatic carbocycles. The first-order valence-electron chi connectivity index (χ1n) is 6.57. The Kier molecular flexibility index (Phi) is 2.96. The van der Waals surface area contributed by atoms with Crippen molar-refractivity contribution in [2.45, 2.75) is 37.8 Å². The number of hydrogen-bond donors (Lipinski definition) is 3. The predicted molar refractivity (Wildman–Crippen MR) is 68.3 cm³/mol. The molecule has 3 N–H and O–H groups in total. The van der Waals surface area contributed by atoms with Crippen LogP contribution in [0.5, 0.6) is 5.75 Å². The second-order valence-electron chi connectivity index (χ2n) is 5.20. The molecule has 0 radical (unpaired) electrons. The lowest BCUT2D eigenvalue weighted by Gasteiger charge is -2.28. The van der Waals surface area contributed by atoms with Crippen LogP contribution in [0, 0.1) is 0 Å². The fourth-order valence-corrected chi connectivity index (χ4v) is 2.97. The SMILES string of the molecule is O=C1CC(NC2CCCc3ccc(O)cc32)CN1. The van der Waals surface area contributed by atoms with E-state index < -0.39 is 0 Å². The van der Waals surface area contributed by atoms with Crippen LogP contribution in [-0.4, -0.2) is 23.6 Å². The highest BCUT2D eigenvalue weighted by molar-refractivity contribution is 5.78. The minimum Gasteiger partial charge on any atom is -0.508 e. The van der Waals surface area contributed by atoms with Crippen LogP contribution < -0.4 is 10.6 Å². The van der Waals surface area contributed by atoms with E-state index in [1.54, 1.807) is 6.07 Å². The highest BCUT2D eigenvalue weighted by Gasteiger charge is 2.27. The lowest BCUT2D eigenvalue weighted by molar-refractivity contribution is -0.119. The number of nitrogens with one attached hydrogen (secondary N) is 2. The van der Waals surface area contributed by atoms with Crippen LogP contribution in [0.25, 0.3) is 0 Å². The van der Waals surface area contributed by atoms with E-state index in [1.165, 1.54) is 11.1 Å². The van der Waals surface area contributed by atoms with E-state index >= 15 is 0 Å². The fourth-order valence-electron chi connectivity index (χ4n) is 2.97. The molecule has 2 atom stereocenters. The van der Waals surface area contributed by atoms with Crippen LogP contribution in [-0.2, 0) is 11.2 Å². The molecule has 1 saturated heterocycles. The second kappa shape index (κ2) is 4.61. The first kappa shape index (κ1) is 11.5. The molecule has 2 aliphatic rings. The van der Waals surface area contributed by atoms with E-state index in [4.69, 9.17) is 0 Å². The van der Waals surface area contributed by atoms with Crippen LogP contribution in [0.1, 0.15) is 36.4 Å². The topological polar surface area (TPSA) is 61.4 Å². The predicted octanol–water partition coefficient (Wildman–Crippen LogP) is 1.25. The van der Waals surface area contributed by atoms with Crippen LogP contribution in [0.15, 0.2) is 18.2 Å². The minimum absolute atomic E-state index is 0.124. The Hall–Kier alpha value is -1.55. The molecule has 18 heavy (non-hydrogen) atoms. The van der Waals surface area contributed by atoms with Crippen molar-refractivity contribution in [1.29, 1.82) is 0 Å². The van der Waals surface area contributed by atoms with Gasteiger partial charge in [-0.1, -0.05) is 6.07 Å². The highest BCUT2D eigenvalue weighted by Crippen LogP contribution is 2.32. The van der Waals surface area contributed by atoms with Gasteiger partial charge >= 0.3 is 0 Å². The zero-order valence-electron chi connectivity index (χ0n) is 10.3. The zero-order valence-corrected chi connectivity index (χ0v) is 10.3. The van der Waals surface area contributed by atoms with Gasteiger partial charge in [-0.3, -0.25) is 4.79 Å². The number of amides is 1. The fraction of sp³-hybridized carbons (Fsp3) is 0.500. The number of phenolic OH excluding ortho intramolecular Hbond substituents is 1. The summed E-state index contributed by atoms with van der Waals surface area (Å²) in [4.78, 5) is 11.2. The molecule has 1 aliphatic heterocycles. The highest BCUT2D eigenvalue weighted by atomic mass is 16.3. The normalized spacial score (nSPS) is 26.8. The Bertz CT molecular complexity index is 473.